The molecule has 0 amide bonds. The van der Waals surface area contributed by atoms with Crippen LogP contribution in [0.2, 0.25) is 0 Å². The van der Waals surface area contributed by atoms with Crippen LogP contribution < -0.4 is 0 Å². The summed E-state index contributed by atoms with van der Waals surface area (Å²) in [5.41, 5.74) is 0.717. The molecule has 2 atom stereocenters. The summed E-state index contributed by atoms with van der Waals surface area (Å²) in [7, 11) is 0. The summed E-state index contributed by atoms with van der Waals surface area (Å²) in [5.74, 6) is 1.97. The Morgan fingerprint density at radius 1 is 1.09 bits per heavy atom. The number of hydrogen-bond acceptors (Lipinski definition) is 0. The molecule has 0 heterocycles. The molecule has 1 aliphatic rings. The summed E-state index contributed by atoms with van der Waals surface area (Å²) in [6.07, 6.45) is 5.69. The van der Waals surface area contributed by atoms with Gasteiger partial charge in [0.25, 0.3) is 0 Å². The first-order valence-electron chi connectivity index (χ1n) is 5.13. The molecule has 0 spiro atoms. The van der Waals surface area contributed by atoms with Crippen LogP contribution in [0.4, 0.5) is 0 Å². The zero-order valence-electron chi connectivity index (χ0n) is 8.48. The van der Waals surface area contributed by atoms with Crippen LogP contribution >= 0.6 is 0 Å². The summed E-state index contributed by atoms with van der Waals surface area (Å²) in [6.45, 7) is 9.54. The lowest BCUT2D eigenvalue weighted by molar-refractivity contribution is 0.426. The molecule has 1 saturated carbocycles. The Morgan fingerprint density at radius 2 is 1.64 bits per heavy atom. The molecule has 0 bridgehead atoms. The molecule has 0 nitrogen and oxygen atoms in total. The first-order chi connectivity index (χ1) is 5.13. The van der Waals surface area contributed by atoms with E-state index in [1.165, 1.54) is 25.7 Å². The summed E-state index contributed by atoms with van der Waals surface area (Å²) < 4.78 is 0. The molecule has 1 rings (SSSR count). The van der Waals surface area contributed by atoms with E-state index in [1.54, 1.807) is 0 Å². The van der Waals surface area contributed by atoms with Gasteiger partial charge in [-0.15, -0.1) is 0 Å². The van der Waals surface area contributed by atoms with Gasteiger partial charge in [-0.25, -0.2) is 0 Å². The Hall–Kier alpha value is 0. The average molecular weight is 154 g/mol. The van der Waals surface area contributed by atoms with E-state index in [0.29, 0.717) is 0 Å². The fourth-order valence-corrected chi connectivity index (χ4v) is 2.28. The molecule has 0 radical (unpaired) electrons. The molecule has 0 aromatic carbocycles. The molecule has 0 aliphatic heterocycles. The minimum Gasteiger partial charge on any atom is -0.0654 e. The van der Waals surface area contributed by atoms with Crippen LogP contribution in [0.15, 0.2) is 0 Å². The minimum atomic E-state index is 0.717. The highest BCUT2D eigenvalue weighted by Gasteiger charge is 2.53. The Labute approximate surface area is 71.4 Å². The normalized spacial score (nSPS) is 42.5. The van der Waals surface area contributed by atoms with E-state index in [-0.39, 0.29) is 0 Å². The third kappa shape index (κ3) is 1.60. The van der Waals surface area contributed by atoms with Crippen LogP contribution in [-0.2, 0) is 0 Å². The van der Waals surface area contributed by atoms with Gasteiger partial charge in [0.1, 0.15) is 0 Å². The van der Waals surface area contributed by atoms with Gasteiger partial charge < -0.3 is 0 Å². The van der Waals surface area contributed by atoms with Crippen molar-refractivity contribution in [2.45, 2.75) is 53.4 Å². The third-order valence-electron chi connectivity index (χ3n) is 4.04. The van der Waals surface area contributed by atoms with Crippen LogP contribution in [-0.4, -0.2) is 0 Å². The molecule has 0 N–H and O–H groups in total. The van der Waals surface area contributed by atoms with Gasteiger partial charge in [0, 0.05) is 0 Å². The van der Waals surface area contributed by atoms with Crippen molar-refractivity contribution in [2.24, 2.45) is 17.3 Å². The van der Waals surface area contributed by atoms with Crippen LogP contribution in [0.3, 0.4) is 0 Å². The van der Waals surface area contributed by atoms with Gasteiger partial charge in [-0.1, -0.05) is 47.0 Å². The van der Waals surface area contributed by atoms with Crippen molar-refractivity contribution < 1.29 is 0 Å². The topological polar surface area (TPSA) is 0 Å². The summed E-state index contributed by atoms with van der Waals surface area (Å²) in [6, 6.07) is 0. The molecule has 0 aromatic rings. The van der Waals surface area contributed by atoms with E-state index in [9.17, 15) is 0 Å². The maximum Gasteiger partial charge on any atom is -0.0269 e. The lowest BCUT2D eigenvalue weighted by Crippen LogP contribution is -1.97. The van der Waals surface area contributed by atoms with E-state index in [1.807, 2.05) is 0 Å². The predicted molar refractivity (Wildman–Crippen MR) is 50.6 cm³/mol. The van der Waals surface area contributed by atoms with Crippen molar-refractivity contribution >= 4 is 0 Å². The van der Waals surface area contributed by atoms with E-state index in [4.69, 9.17) is 0 Å². The van der Waals surface area contributed by atoms with Gasteiger partial charge in [-0.3, -0.25) is 0 Å². The summed E-state index contributed by atoms with van der Waals surface area (Å²) >= 11 is 0. The standard InChI is InChI=1S/C11H22/c1-5-6-7-8-11(4)9(2)10(11)3/h9-10H,5-8H2,1-4H3. The fraction of sp³-hybridized carbons (Fsp3) is 1.00. The Kier molecular flexibility index (Phi) is 2.61. The van der Waals surface area contributed by atoms with Crippen LogP contribution in [0.1, 0.15) is 53.4 Å². The van der Waals surface area contributed by atoms with Crippen molar-refractivity contribution in [3.05, 3.63) is 0 Å². The molecule has 1 aliphatic carbocycles. The second-order valence-electron chi connectivity index (χ2n) is 4.54. The van der Waals surface area contributed by atoms with Crippen LogP contribution in [0, 0.1) is 17.3 Å². The first-order valence-corrected chi connectivity index (χ1v) is 5.13. The molecular weight excluding hydrogens is 132 g/mol. The molecule has 66 valence electrons. The van der Waals surface area contributed by atoms with E-state index in [2.05, 4.69) is 27.7 Å². The second kappa shape index (κ2) is 3.16. The highest BCUT2D eigenvalue weighted by Crippen LogP contribution is 2.60. The zero-order valence-corrected chi connectivity index (χ0v) is 8.48. The van der Waals surface area contributed by atoms with Crippen molar-refractivity contribution in [1.29, 1.82) is 0 Å². The minimum absolute atomic E-state index is 0.717. The quantitative estimate of drug-likeness (QED) is 0.539. The van der Waals surface area contributed by atoms with Gasteiger partial charge in [0.15, 0.2) is 0 Å². The van der Waals surface area contributed by atoms with Gasteiger partial charge in [0.2, 0.25) is 0 Å². The monoisotopic (exact) mass is 154 g/mol. The number of unbranched alkanes of at least 4 members (excludes halogenated alkanes) is 2. The summed E-state index contributed by atoms with van der Waals surface area (Å²) in [4.78, 5) is 0. The Morgan fingerprint density at radius 3 is 2.00 bits per heavy atom. The maximum atomic E-state index is 2.46. The van der Waals surface area contributed by atoms with E-state index >= 15 is 0 Å². The van der Waals surface area contributed by atoms with Crippen molar-refractivity contribution in [2.75, 3.05) is 0 Å². The molecule has 11 heavy (non-hydrogen) atoms. The lowest BCUT2D eigenvalue weighted by Gasteiger charge is -2.09. The molecule has 1 fully saturated rings. The van der Waals surface area contributed by atoms with Crippen LogP contribution in [0.25, 0.3) is 0 Å². The summed E-state index contributed by atoms with van der Waals surface area (Å²) in [5, 5.41) is 0. The SMILES string of the molecule is CCCCCC1(C)C(C)C1C. The van der Waals surface area contributed by atoms with Crippen LogP contribution in [0.5, 0.6) is 0 Å². The molecular formula is C11H22. The second-order valence-corrected chi connectivity index (χ2v) is 4.54. The van der Waals surface area contributed by atoms with Gasteiger partial charge in [-0.05, 0) is 23.7 Å². The number of hydrogen-bond donors (Lipinski definition) is 0. The smallest absolute Gasteiger partial charge is 0.0269 e. The highest BCUT2D eigenvalue weighted by molar-refractivity contribution is 5.02. The predicted octanol–water partition coefficient (Wildman–Crippen LogP) is 3.86. The van der Waals surface area contributed by atoms with E-state index < -0.39 is 0 Å². The van der Waals surface area contributed by atoms with Gasteiger partial charge >= 0.3 is 0 Å². The lowest BCUT2D eigenvalue weighted by atomic mass is 9.97. The van der Waals surface area contributed by atoms with Gasteiger partial charge in [-0.2, -0.15) is 0 Å². The Bertz CT molecular complexity index is 118. The third-order valence-corrected chi connectivity index (χ3v) is 4.04. The highest BCUT2D eigenvalue weighted by atomic mass is 14.6. The van der Waals surface area contributed by atoms with Crippen molar-refractivity contribution in [3.8, 4) is 0 Å². The molecule has 2 unspecified atom stereocenters. The van der Waals surface area contributed by atoms with Gasteiger partial charge in [0.05, 0.1) is 0 Å². The maximum absolute atomic E-state index is 2.46. The largest absolute Gasteiger partial charge is 0.0654 e. The molecule has 0 saturated heterocycles. The fourth-order valence-electron chi connectivity index (χ4n) is 2.28. The van der Waals surface area contributed by atoms with Crippen molar-refractivity contribution in [1.82, 2.24) is 0 Å². The first kappa shape index (κ1) is 9.09. The van der Waals surface area contributed by atoms with Crippen molar-refractivity contribution in [3.63, 3.8) is 0 Å². The number of rotatable bonds is 4. The average Bonchev–Trinajstić information content (AvgIpc) is 2.43. The molecule has 0 heteroatoms. The molecule has 0 aromatic heterocycles. The Balaban J connectivity index is 2.17. The van der Waals surface area contributed by atoms with E-state index in [0.717, 1.165) is 17.3 Å². The zero-order chi connectivity index (χ0) is 8.48.